The Morgan fingerprint density at radius 2 is 0.700 bits per heavy atom. The molecule has 13 aromatic rings. The van der Waals surface area contributed by atoms with Gasteiger partial charge in [-0.15, -0.1) is 0 Å². The third-order valence-electron chi connectivity index (χ3n) is 14.9. The number of hydrogen-bond acceptors (Lipinski definition) is 5. The number of nitrogens with zero attached hydrogens (tertiary/aromatic N) is 2. The van der Waals surface area contributed by atoms with Gasteiger partial charge < -0.3 is 14.7 Å². The average molecular weight is 1050 g/mol. The molecule has 0 bridgehead atoms. The number of hydrogen-bond donors (Lipinski definition) is 0. The van der Waals surface area contributed by atoms with Gasteiger partial charge in [0, 0.05) is 45.7 Å². The molecule has 0 fully saturated rings. The second kappa shape index (κ2) is 24.7. The third kappa shape index (κ3) is 11.1. The number of fused-ring (bicyclic) bond motifs is 6. The van der Waals surface area contributed by atoms with Crippen molar-refractivity contribution in [3.05, 3.63) is 290 Å². The molecule has 0 amide bonds. The molecule has 0 unspecified atom stereocenters. The van der Waals surface area contributed by atoms with Crippen LogP contribution in [0.4, 0.5) is 0 Å². The van der Waals surface area contributed by atoms with Crippen LogP contribution in [0.1, 0.15) is 43.4 Å². The maximum Gasteiger partial charge on any atom is 0.265 e. The van der Waals surface area contributed by atoms with Crippen molar-refractivity contribution in [2.24, 2.45) is 0 Å². The molecule has 0 saturated carbocycles. The van der Waals surface area contributed by atoms with Gasteiger partial charge in [0.25, 0.3) is 11.4 Å². The number of pyridine rings is 2. The van der Waals surface area contributed by atoms with Crippen LogP contribution in [0.2, 0.25) is 0 Å². The van der Waals surface area contributed by atoms with Crippen molar-refractivity contribution in [3.8, 4) is 22.5 Å². The van der Waals surface area contributed by atoms with E-state index in [0.29, 0.717) is 19.6 Å². The number of benzene rings is 11. The monoisotopic (exact) mass is 1040 g/mol. The van der Waals surface area contributed by atoms with Gasteiger partial charge in [0.05, 0.1) is 18.4 Å². The van der Waals surface area contributed by atoms with Crippen LogP contribution in [-0.4, -0.2) is 27.1 Å². The molecule has 8 heteroatoms. The number of rotatable bonds is 14. The van der Waals surface area contributed by atoms with Crippen molar-refractivity contribution < 1.29 is 33.8 Å². The summed E-state index contributed by atoms with van der Waals surface area (Å²) >= 11 is 0. The largest absolute Gasteiger partial charge is 0.871 e. The third-order valence-corrected chi connectivity index (χ3v) is 14.9. The Balaban J connectivity index is 0.000000127. The quantitative estimate of drug-likeness (QED) is 0.0356. The summed E-state index contributed by atoms with van der Waals surface area (Å²) in [7, 11) is -2.23. The molecule has 0 saturated heterocycles. The van der Waals surface area contributed by atoms with Crippen LogP contribution in [0, 0.1) is 0 Å². The highest BCUT2D eigenvalue weighted by Gasteiger charge is 2.35. The molecule has 0 aliphatic heterocycles. The summed E-state index contributed by atoms with van der Waals surface area (Å²) in [4.78, 5) is 11.8. The highest BCUT2D eigenvalue weighted by atomic mass is 16.7. The highest BCUT2D eigenvalue weighted by Crippen LogP contribution is 2.43. The average Bonchev–Trinajstić information content (AvgIpc) is 3.53. The van der Waals surface area contributed by atoms with Gasteiger partial charge in [-0.3, -0.25) is 9.68 Å². The van der Waals surface area contributed by atoms with Gasteiger partial charge in [0.2, 0.25) is 12.4 Å². The van der Waals surface area contributed by atoms with E-state index in [0.717, 1.165) is 17.8 Å². The van der Waals surface area contributed by atoms with E-state index in [9.17, 15) is 10.0 Å². The lowest BCUT2D eigenvalue weighted by atomic mass is 9.67. The first kappa shape index (κ1) is 52.9. The molecule has 0 N–H and O–H groups in total. The van der Waals surface area contributed by atoms with Crippen molar-refractivity contribution in [2.75, 3.05) is 19.8 Å². The van der Waals surface area contributed by atoms with E-state index in [1.54, 1.807) is 0 Å². The molecule has 13 rings (SSSR count). The van der Waals surface area contributed by atoms with E-state index >= 15 is 0 Å². The molecule has 0 atom stereocenters. The zero-order valence-corrected chi connectivity index (χ0v) is 45.0. The molecule has 2 aromatic heterocycles. The second-order valence-electron chi connectivity index (χ2n) is 19.7. The summed E-state index contributed by atoms with van der Waals surface area (Å²) in [6.45, 7) is 5.42. The van der Waals surface area contributed by atoms with Crippen LogP contribution in [-0.2, 0) is 10.1 Å². The Morgan fingerprint density at radius 1 is 0.362 bits per heavy atom. The summed E-state index contributed by atoms with van der Waals surface area (Å²) in [6, 6.07) is 91.4. The summed E-state index contributed by atoms with van der Waals surface area (Å²) in [6.07, 6.45) is 5.30. The molecule has 0 spiro atoms. The lowest BCUT2D eigenvalue weighted by Crippen LogP contribution is -2.48. The maximum absolute atomic E-state index is 10.7. The van der Waals surface area contributed by atoms with E-state index in [4.69, 9.17) is 14.3 Å². The van der Waals surface area contributed by atoms with Crippen molar-refractivity contribution in [1.82, 2.24) is 0 Å². The van der Waals surface area contributed by atoms with E-state index in [1.165, 1.54) is 92.5 Å². The summed E-state index contributed by atoms with van der Waals surface area (Å²) < 4.78 is 8.50. The van der Waals surface area contributed by atoms with Crippen LogP contribution < -0.4 is 29.2 Å². The maximum atomic E-state index is 10.7. The predicted molar refractivity (Wildman–Crippen MR) is 324 cm³/mol. The summed E-state index contributed by atoms with van der Waals surface area (Å²) in [5.41, 5.74) is 7.72. The van der Waals surface area contributed by atoms with Crippen LogP contribution >= 0.6 is 0 Å². The van der Waals surface area contributed by atoms with E-state index in [1.807, 2.05) is 102 Å². The van der Waals surface area contributed by atoms with Crippen molar-refractivity contribution in [1.29, 1.82) is 0 Å². The smallest absolute Gasteiger partial charge is 0.265 e. The minimum atomic E-state index is -2.23. The van der Waals surface area contributed by atoms with Crippen LogP contribution in [0.15, 0.2) is 273 Å². The highest BCUT2D eigenvalue weighted by molar-refractivity contribution is 6.28. The fourth-order valence-corrected chi connectivity index (χ4v) is 11.4. The van der Waals surface area contributed by atoms with Gasteiger partial charge in [-0.25, -0.2) is 0 Å². The standard InChI is InChI=1S/2C25H20NO.C22H21BO3/c2*1-2-27-26-14-8-7-13-24(26)25-22-12-6-5-11-20(22)16-21-15-18-9-3-4-10-19(18)17-23(21)25;24-23(25)26-18-10-17-22(19-11-4-1-5-12-19,20-13-6-2-7-14-20)21-15-8-3-9-16-21/h2*3-17H,2H2,1H3;1-9,11-16H,10,17-18H2/q2*+1;-2. The molecule has 11 aromatic carbocycles. The Hall–Kier alpha value is -9.18. The molecule has 80 heavy (non-hydrogen) atoms. The van der Waals surface area contributed by atoms with Gasteiger partial charge in [-0.1, -0.05) is 188 Å². The summed E-state index contributed by atoms with van der Waals surface area (Å²) in [5.74, 6) is 0. The minimum absolute atomic E-state index is 0.159. The zero-order chi connectivity index (χ0) is 54.7. The Kier molecular flexibility index (Phi) is 16.3. The first-order valence-corrected chi connectivity index (χ1v) is 27.5. The molecule has 0 aliphatic rings. The van der Waals surface area contributed by atoms with Gasteiger partial charge in [0.1, 0.15) is 0 Å². The van der Waals surface area contributed by atoms with E-state index in [2.05, 4.69) is 194 Å². The molecular formula is C72H61BN2O5. The Labute approximate surface area is 467 Å². The first-order valence-electron chi connectivity index (χ1n) is 27.5. The van der Waals surface area contributed by atoms with Crippen molar-refractivity contribution in [2.45, 2.75) is 32.1 Å². The van der Waals surface area contributed by atoms with Gasteiger partial charge in [-0.2, -0.15) is 0 Å². The molecule has 0 radical (unpaired) electrons. The lowest BCUT2D eigenvalue weighted by molar-refractivity contribution is -0.882. The van der Waals surface area contributed by atoms with Crippen molar-refractivity contribution in [3.63, 3.8) is 0 Å². The summed E-state index contributed by atoms with van der Waals surface area (Å²) in [5, 5.41) is 36.3. The minimum Gasteiger partial charge on any atom is -0.871 e. The molecular weight excluding hydrogens is 984 g/mol. The van der Waals surface area contributed by atoms with Gasteiger partial charge in [0.15, 0.2) is 13.2 Å². The van der Waals surface area contributed by atoms with E-state index in [-0.39, 0.29) is 12.0 Å². The first-order chi connectivity index (χ1) is 39.4. The van der Waals surface area contributed by atoms with Crippen LogP contribution in [0.5, 0.6) is 0 Å². The SMILES string of the molecule is CCO[n+]1ccccc1-c1c2ccccc2cc2cc3ccccc3cc12.CCO[n+]1ccccc1-c1c2ccccc2cc2cc3ccccc3cc12.[O-]B([O-])OCCCC(c1ccccc1)(c1ccccc1)c1ccccc1. The Bertz CT molecular complexity index is 3900. The molecule has 2 heterocycles. The van der Waals surface area contributed by atoms with E-state index < -0.39 is 7.32 Å². The topological polar surface area (TPSA) is 81.6 Å². The van der Waals surface area contributed by atoms with Crippen LogP contribution in [0.3, 0.4) is 0 Å². The molecule has 0 aliphatic carbocycles. The lowest BCUT2D eigenvalue weighted by Gasteiger charge is -2.37. The normalized spacial score (nSPS) is 11.3. The zero-order valence-electron chi connectivity index (χ0n) is 45.0. The van der Waals surface area contributed by atoms with Crippen LogP contribution in [0.25, 0.3) is 87.1 Å². The number of aromatic nitrogens is 2. The Morgan fingerprint density at radius 3 is 1.09 bits per heavy atom. The molecule has 7 nitrogen and oxygen atoms in total. The van der Waals surface area contributed by atoms with Gasteiger partial charge >= 0.3 is 0 Å². The fraction of sp³-hybridized carbons (Fsp3) is 0.111. The molecule has 392 valence electrons. The second-order valence-corrected chi connectivity index (χ2v) is 19.7. The predicted octanol–water partition coefficient (Wildman–Crippen LogP) is 13.6. The fourth-order valence-electron chi connectivity index (χ4n) is 11.4. The van der Waals surface area contributed by atoms with Crippen molar-refractivity contribution >= 4 is 72.0 Å². The van der Waals surface area contributed by atoms with Gasteiger partial charge in [-0.05, 0) is 157 Å².